The van der Waals surface area contributed by atoms with Crippen LogP contribution in [0.2, 0.25) is 0 Å². The number of ether oxygens (including phenoxy) is 2. The number of carbonyl (C=O) groups excluding carboxylic acids is 3. The minimum Gasteiger partial charge on any atom is -0.493 e. The van der Waals surface area contributed by atoms with Crippen LogP contribution in [-0.4, -0.2) is 37.7 Å². The van der Waals surface area contributed by atoms with Crippen molar-refractivity contribution in [1.82, 2.24) is 5.32 Å². The van der Waals surface area contributed by atoms with Gasteiger partial charge < -0.3 is 25.4 Å². The zero-order valence-electron chi connectivity index (χ0n) is 22.8. The average molecular weight is 586 g/mol. The summed E-state index contributed by atoms with van der Waals surface area (Å²) in [5, 5.41) is 8.21. The molecule has 10 heteroatoms. The number of para-hydroxylation sites is 1. The molecule has 0 saturated heterocycles. The van der Waals surface area contributed by atoms with Gasteiger partial charge in [0.1, 0.15) is 11.5 Å². The highest BCUT2D eigenvalue weighted by atomic mass is 32.2. The second kappa shape index (κ2) is 14.5. The molecule has 3 amide bonds. The Hall–Kier alpha value is -5.09. The summed E-state index contributed by atoms with van der Waals surface area (Å²) in [6.07, 6.45) is 1.52. The van der Waals surface area contributed by atoms with Gasteiger partial charge in [-0.3, -0.25) is 14.4 Å². The van der Waals surface area contributed by atoms with Crippen LogP contribution in [0.15, 0.2) is 108 Å². The summed E-state index contributed by atoms with van der Waals surface area (Å²) in [5.41, 5.74) is 1.90. The first-order valence-electron chi connectivity index (χ1n) is 12.7. The van der Waals surface area contributed by atoms with E-state index in [4.69, 9.17) is 9.47 Å². The highest BCUT2D eigenvalue weighted by Crippen LogP contribution is 2.32. The Morgan fingerprint density at radius 1 is 0.786 bits per heavy atom. The summed E-state index contributed by atoms with van der Waals surface area (Å²) in [5.74, 6) is -0.600. The number of anilines is 2. The van der Waals surface area contributed by atoms with E-state index >= 15 is 0 Å². The van der Waals surface area contributed by atoms with Crippen LogP contribution in [0.3, 0.4) is 0 Å². The lowest BCUT2D eigenvalue weighted by Crippen LogP contribution is -2.30. The third-order valence-corrected chi connectivity index (χ3v) is 6.88. The molecule has 3 N–H and O–H groups in total. The van der Waals surface area contributed by atoms with Gasteiger partial charge in [-0.1, -0.05) is 30.3 Å². The molecule has 0 saturated carbocycles. The number of thioether (sulfide) groups is 1. The topological polar surface area (TPSA) is 106 Å². The lowest BCUT2D eigenvalue weighted by Gasteiger charge is -2.14. The third kappa shape index (κ3) is 8.21. The standard InChI is InChI=1S/C32H28FN3O5S/c1-40-28-10-6-9-22(30(28)41-2)19-27(36-31(38)21-7-4-3-5-8-21)32(39)35-25-15-17-26(18-16-25)42-20-29(37)34-24-13-11-23(33)12-14-24/h3-19H,20H2,1-2H3,(H,34,37)(H,35,39)(H,36,38)/b27-19-. The van der Waals surface area contributed by atoms with Crippen LogP contribution in [0.4, 0.5) is 15.8 Å². The molecule has 0 spiro atoms. The van der Waals surface area contributed by atoms with Crippen molar-refractivity contribution in [3.63, 3.8) is 0 Å². The summed E-state index contributed by atoms with van der Waals surface area (Å²) in [6.45, 7) is 0. The maximum atomic E-state index is 13.4. The van der Waals surface area contributed by atoms with Crippen LogP contribution in [0.25, 0.3) is 6.08 Å². The predicted molar refractivity (Wildman–Crippen MR) is 162 cm³/mol. The van der Waals surface area contributed by atoms with Gasteiger partial charge in [-0.15, -0.1) is 11.8 Å². The van der Waals surface area contributed by atoms with E-state index in [1.54, 1.807) is 72.8 Å². The normalized spacial score (nSPS) is 10.9. The van der Waals surface area contributed by atoms with Gasteiger partial charge in [0.25, 0.3) is 11.8 Å². The maximum absolute atomic E-state index is 13.4. The first-order chi connectivity index (χ1) is 20.4. The van der Waals surface area contributed by atoms with Crippen molar-refractivity contribution in [2.75, 3.05) is 30.6 Å². The Kier molecular flexibility index (Phi) is 10.3. The van der Waals surface area contributed by atoms with Crippen LogP contribution >= 0.6 is 11.8 Å². The molecule has 4 aromatic carbocycles. The van der Waals surface area contributed by atoms with Gasteiger partial charge in [0.2, 0.25) is 5.91 Å². The first-order valence-corrected chi connectivity index (χ1v) is 13.7. The van der Waals surface area contributed by atoms with Crippen LogP contribution in [-0.2, 0) is 9.59 Å². The van der Waals surface area contributed by atoms with Gasteiger partial charge in [-0.2, -0.15) is 0 Å². The van der Waals surface area contributed by atoms with Crippen molar-refractivity contribution in [3.05, 3.63) is 120 Å². The molecule has 0 aliphatic rings. The molecule has 0 atom stereocenters. The Morgan fingerprint density at radius 2 is 1.45 bits per heavy atom. The molecule has 0 aliphatic carbocycles. The smallest absolute Gasteiger partial charge is 0.272 e. The highest BCUT2D eigenvalue weighted by Gasteiger charge is 2.17. The van der Waals surface area contributed by atoms with E-state index in [0.717, 1.165) is 4.90 Å². The molecule has 0 fully saturated rings. The lowest BCUT2D eigenvalue weighted by atomic mass is 10.1. The van der Waals surface area contributed by atoms with Crippen molar-refractivity contribution in [2.45, 2.75) is 4.90 Å². The van der Waals surface area contributed by atoms with Crippen LogP contribution in [0, 0.1) is 5.82 Å². The predicted octanol–water partition coefficient (Wildman–Crippen LogP) is 5.98. The van der Waals surface area contributed by atoms with Crippen molar-refractivity contribution < 1.29 is 28.2 Å². The van der Waals surface area contributed by atoms with Gasteiger partial charge >= 0.3 is 0 Å². The Balaban J connectivity index is 1.46. The first kappa shape index (κ1) is 29.9. The number of methoxy groups -OCH3 is 2. The van der Waals surface area contributed by atoms with E-state index in [1.807, 2.05) is 0 Å². The summed E-state index contributed by atoms with van der Waals surface area (Å²) in [7, 11) is 3.00. The number of nitrogens with one attached hydrogen (secondary N) is 3. The Bertz CT molecular complexity index is 1580. The van der Waals surface area contributed by atoms with Crippen LogP contribution in [0.5, 0.6) is 11.5 Å². The molecule has 0 aromatic heterocycles. The number of hydrogen-bond donors (Lipinski definition) is 3. The molecule has 0 heterocycles. The summed E-state index contributed by atoms with van der Waals surface area (Å²) >= 11 is 1.31. The molecular formula is C32H28FN3O5S. The van der Waals surface area contributed by atoms with E-state index < -0.39 is 11.8 Å². The summed E-state index contributed by atoms with van der Waals surface area (Å²) < 4.78 is 23.9. The minimum atomic E-state index is -0.553. The molecular weight excluding hydrogens is 557 g/mol. The van der Waals surface area contributed by atoms with Gasteiger partial charge in [-0.25, -0.2) is 4.39 Å². The van der Waals surface area contributed by atoms with E-state index in [1.165, 1.54) is 56.3 Å². The molecule has 0 radical (unpaired) electrons. The molecule has 214 valence electrons. The van der Waals surface area contributed by atoms with Crippen molar-refractivity contribution in [3.8, 4) is 11.5 Å². The number of carbonyl (C=O) groups is 3. The molecule has 4 rings (SSSR count). The molecule has 4 aromatic rings. The summed E-state index contributed by atoms with van der Waals surface area (Å²) in [4.78, 5) is 39.4. The van der Waals surface area contributed by atoms with E-state index in [0.29, 0.717) is 34.0 Å². The van der Waals surface area contributed by atoms with Gasteiger partial charge in [0.05, 0.1) is 20.0 Å². The minimum absolute atomic E-state index is 0.00804. The van der Waals surface area contributed by atoms with Gasteiger partial charge in [0.15, 0.2) is 11.5 Å². The zero-order valence-corrected chi connectivity index (χ0v) is 23.7. The molecule has 0 bridgehead atoms. The van der Waals surface area contributed by atoms with Gasteiger partial charge in [-0.05, 0) is 72.8 Å². The van der Waals surface area contributed by atoms with Crippen molar-refractivity contribution in [1.29, 1.82) is 0 Å². The number of rotatable bonds is 11. The van der Waals surface area contributed by atoms with Crippen molar-refractivity contribution in [2.24, 2.45) is 0 Å². The third-order valence-electron chi connectivity index (χ3n) is 5.87. The zero-order chi connectivity index (χ0) is 29.9. The maximum Gasteiger partial charge on any atom is 0.272 e. The fourth-order valence-electron chi connectivity index (χ4n) is 3.84. The quantitative estimate of drug-likeness (QED) is 0.148. The summed E-state index contributed by atoms with van der Waals surface area (Å²) in [6, 6.07) is 26.2. The number of hydrogen-bond acceptors (Lipinski definition) is 6. The van der Waals surface area contributed by atoms with E-state index in [-0.39, 0.29) is 23.2 Å². The molecule has 0 aliphatic heterocycles. The molecule has 8 nitrogen and oxygen atoms in total. The second-order valence-corrected chi connectivity index (χ2v) is 9.83. The molecule has 0 unspecified atom stereocenters. The van der Waals surface area contributed by atoms with Crippen LogP contribution in [0.1, 0.15) is 15.9 Å². The van der Waals surface area contributed by atoms with Crippen LogP contribution < -0.4 is 25.4 Å². The lowest BCUT2D eigenvalue weighted by molar-refractivity contribution is -0.114. The highest BCUT2D eigenvalue weighted by molar-refractivity contribution is 8.00. The molecule has 42 heavy (non-hydrogen) atoms. The fourth-order valence-corrected chi connectivity index (χ4v) is 4.53. The Morgan fingerprint density at radius 3 is 2.12 bits per heavy atom. The SMILES string of the molecule is COc1cccc(/C=C(\NC(=O)c2ccccc2)C(=O)Nc2ccc(SCC(=O)Nc3ccc(F)cc3)cc2)c1OC. The van der Waals surface area contributed by atoms with E-state index in [9.17, 15) is 18.8 Å². The monoisotopic (exact) mass is 585 g/mol. The fraction of sp³-hybridized carbons (Fsp3) is 0.0938. The number of benzene rings is 4. The average Bonchev–Trinajstić information content (AvgIpc) is 3.01. The van der Waals surface area contributed by atoms with Gasteiger partial charge in [0, 0.05) is 27.4 Å². The van der Waals surface area contributed by atoms with Crippen molar-refractivity contribution >= 4 is 46.9 Å². The largest absolute Gasteiger partial charge is 0.493 e. The second-order valence-electron chi connectivity index (χ2n) is 8.78. The number of amides is 3. The number of halogens is 1. The Labute approximate surface area is 246 Å². The van der Waals surface area contributed by atoms with E-state index in [2.05, 4.69) is 16.0 Å².